The summed E-state index contributed by atoms with van der Waals surface area (Å²) in [6.45, 7) is 0.373. The maximum atomic E-state index is 12.5. The van der Waals surface area contributed by atoms with Crippen LogP contribution in [0.5, 0.6) is 11.5 Å². The molecule has 2 fully saturated rings. The monoisotopic (exact) mass is 316 g/mol. The summed E-state index contributed by atoms with van der Waals surface area (Å²) in [4.78, 5) is 23.7. The van der Waals surface area contributed by atoms with E-state index < -0.39 is 23.2 Å². The van der Waals surface area contributed by atoms with Gasteiger partial charge in [0, 0.05) is 18.5 Å². The summed E-state index contributed by atoms with van der Waals surface area (Å²) in [6, 6.07) is 2.88. The number of nitroso groups, excluding NO2 is 1. The van der Waals surface area contributed by atoms with E-state index in [0.29, 0.717) is 25.1 Å². The zero-order valence-electron chi connectivity index (χ0n) is 12.4. The lowest BCUT2D eigenvalue weighted by atomic mass is 9.49. The van der Waals surface area contributed by atoms with Crippen molar-refractivity contribution < 1.29 is 19.7 Å². The van der Waals surface area contributed by atoms with Crippen molar-refractivity contribution in [2.45, 2.75) is 48.8 Å². The molecule has 4 aliphatic rings. The number of piperidine rings is 1. The van der Waals surface area contributed by atoms with E-state index in [0.717, 1.165) is 11.1 Å². The Kier molecular flexibility index (Phi) is 2.22. The van der Waals surface area contributed by atoms with Crippen molar-refractivity contribution in [2.75, 3.05) is 6.54 Å². The normalized spacial score (nSPS) is 39.7. The smallest absolute Gasteiger partial charge is 0.174 e. The first kappa shape index (κ1) is 13.3. The zero-order chi connectivity index (χ0) is 16.0. The Labute approximate surface area is 131 Å². The number of phenolic OH excluding ortho intramolecular Hbond substituents is 1. The Hall–Kier alpha value is -2.15. The minimum atomic E-state index is -1.25. The predicted octanol–water partition coefficient (Wildman–Crippen LogP) is 0.797. The molecule has 2 aliphatic carbocycles. The molecule has 0 aromatic heterocycles. The Morgan fingerprint density at radius 1 is 1.35 bits per heavy atom. The number of phenols is 1. The van der Waals surface area contributed by atoms with Crippen LogP contribution in [0.3, 0.4) is 0 Å². The molecule has 7 nitrogen and oxygen atoms in total. The van der Waals surface area contributed by atoms with Crippen LogP contribution in [0.4, 0.5) is 0 Å². The molecule has 7 heteroatoms. The third-order valence-electron chi connectivity index (χ3n) is 6.33. The molecular weight excluding hydrogens is 300 g/mol. The highest BCUT2D eigenvalue weighted by Crippen LogP contribution is 2.64. The van der Waals surface area contributed by atoms with Gasteiger partial charge in [0.25, 0.3) is 0 Å². The van der Waals surface area contributed by atoms with Gasteiger partial charge < -0.3 is 14.9 Å². The summed E-state index contributed by atoms with van der Waals surface area (Å²) in [5.41, 5.74) is -0.447. The molecule has 1 aromatic carbocycles. The highest BCUT2D eigenvalue weighted by atomic mass is 16.5. The summed E-state index contributed by atoms with van der Waals surface area (Å²) in [7, 11) is 0. The molecule has 0 radical (unpaired) electrons. The number of rotatable bonds is 1. The van der Waals surface area contributed by atoms with Crippen molar-refractivity contribution in [1.29, 1.82) is 0 Å². The first-order valence-electron chi connectivity index (χ1n) is 7.90. The molecule has 1 spiro atoms. The van der Waals surface area contributed by atoms with Crippen LogP contribution < -0.4 is 4.74 Å². The second kappa shape index (κ2) is 3.84. The molecule has 5 rings (SSSR count). The number of aromatic hydroxyl groups is 1. The standard InChI is InChI=1S/C16H16N2O5/c19-9-2-1-8-7-11-16(21)4-3-10(20)14-15(16,5-6-18(11)17-22)12(8)13(9)23-14/h1-2,11,14,19,21H,3-7H2/t11-,14+,15+,16-/m1/s1. The highest BCUT2D eigenvalue weighted by molar-refractivity contribution is 5.90. The van der Waals surface area contributed by atoms with Gasteiger partial charge >= 0.3 is 0 Å². The Balaban J connectivity index is 1.85. The van der Waals surface area contributed by atoms with Gasteiger partial charge in [-0.3, -0.25) is 9.80 Å². The fraction of sp³-hybridized carbons (Fsp3) is 0.562. The van der Waals surface area contributed by atoms with Gasteiger partial charge in [-0.15, -0.1) is 4.91 Å². The summed E-state index contributed by atoms with van der Waals surface area (Å²) >= 11 is 0. The SMILES string of the molecule is O=NN1CC[C@]23c4c5ccc(O)c4O[C@H]2C(=O)CC[C@@]3(O)[C@H]1C5. The molecule has 1 aromatic rings. The molecule has 2 N–H and O–H groups in total. The molecule has 0 amide bonds. The number of carbonyl (C=O) groups excluding carboxylic acids is 1. The van der Waals surface area contributed by atoms with Gasteiger partial charge in [-0.25, -0.2) is 0 Å². The number of benzene rings is 1. The number of aliphatic hydroxyl groups is 1. The fourth-order valence-electron chi connectivity index (χ4n) is 5.40. The number of Topliss-reactive ketones (excluding diaryl/α,β-unsaturated/α-hetero) is 1. The van der Waals surface area contributed by atoms with E-state index in [1.165, 1.54) is 5.01 Å². The van der Waals surface area contributed by atoms with Crippen molar-refractivity contribution in [2.24, 2.45) is 5.29 Å². The number of hydrogen-bond acceptors (Lipinski definition) is 6. The molecular formula is C16H16N2O5. The van der Waals surface area contributed by atoms with Gasteiger partial charge in [-0.05, 0) is 30.9 Å². The third-order valence-corrected chi connectivity index (χ3v) is 6.33. The summed E-state index contributed by atoms with van der Waals surface area (Å²) < 4.78 is 5.87. The summed E-state index contributed by atoms with van der Waals surface area (Å²) in [5, 5.41) is 26.3. The van der Waals surface area contributed by atoms with Gasteiger partial charge in [0.15, 0.2) is 23.4 Å². The van der Waals surface area contributed by atoms with E-state index in [2.05, 4.69) is 5.29 Å². The van der Waals surface area contributed by atoms with E-state index in [-0.39, 0.29) is 24.4 Å². The predicted molar refractivity (Wildman–Crippen MR) is 78.0 cm³/mol. The van der Waals surface area contributed by atoms with Gasteiger partial charge in [0.2, 0.25) is 0 Å². The topological polar surface area (TPSA) is 99.4 Å². The molecule has 0 unspecified atom stereocenters. The van der Waals surface area contributed by atoms with Gasteiger partial charge in [-0.1, -0.05) is 6.07 Å². The molecule has 120 valence electrons. The second-order valence-electron chi connectivity index (χ2n) is 7.02. The fourth-order valence-corrected chi connectivity index (χ4v) is 5.40. The maximum Gasteiger partial charge on any atom is 0.174 e. The molecule has 2 bridgehead atoms. The van der Waals surface area contributed by atoms with Crippen LogP contribution in [0.1, 0.15) is 30.4 Å². The van der Waals surface area contributed by atoms with Crippen LogP contribution in [-0.2, 0) is 16.6 Å². The van der Waals surface area contributed by atoms with Crippen LogP contribution in [0.2, 0.25) is 0 Å². The average Bonchev–Trinajstić information content (AvgIpc) is 2.89. The van der Waals surface area contributed by atoms with E-state index in [4.69, 9.17) is 4.74 Å². The number of hydrogen-bond donors (Lipinski definition) is 2. The lowest BCUT2D eigenvalue weighted by molar-refractivity contribution is -0.188. The summed E-state index contributed by atoms with van der Waals surface area (Å²) in [6.07, 6.45) is 0.565. The number of ketones is 1. The molecule has 23 heavy (non-hydrogen) atoms. The first-order chi connectivity index (χ1) is 11.0. The van der Waals surface area contributed by atoms with Crippen molar-refractivity contribution in [3.05, 3.63) is 28.2 Å². The quantitative estimate of drug-likeness (QED) is 0.743. The van der Waals surface area contributed by atoms with Crippen LogP contribution in [-0.4, -0.2) is 45.3 Å². The van der Waals surface area contributed by atoms with Crippen molar-refractivity contribution in [3.63, 3.8) is 0 Å². The Bertz CT molecular complexity index is 765. The van der Waals surface area contributed by atoms with Gasteiger partial charge in [0.05, 0.1) is 16.7 Å². The first-order valence-corrected chi connectivity index (χ1v) is 7.90. The average molecular weight is 316 g/mol. The Morgan fingerprint density at radius 3 is 2.96 bits per heavy atom. The van der Waals surface area contributed by atoms with E-state index >= 15 is 0 Å². The lowest BCUT2D eigenvalue weighted by Gasteiger charge is -2.60. The second-order valence-corrected chi connectivity index (χ2v) is 7.02. The largest absolute Gasteiger partial charge is 0.504 e. The van der Waals surface area contributed by atoms with Crippen LogP contribution in [0, 0.1) is 4.91 Å². The minimum Gasteiger partial charge on any atom is -0.504 e. The summed E-state index contributed by atoms with van der Waals surface area (Å²) in [5.74, 6) is 0.272. The van der Waals surface area contributed by atoms with Crippen molar-refractivity contribution >= 4 is 5.78 Å². The van der Waals surface area contributed by atoms with Crippen LogP contribution >= 0.6 is 0 Å². The minimum absolute atomic E-state index is 0.00272. The van der Waals surface area contributed by atoms with Crippen LogP contribution in [0.25, 0.3) is 0 Å². The lowest BCUT2D eigenvalue weighted by Crippen LogP contribution is -2.75. The zero-order valence-corrected chi connectivity index (χ0v) is 12.4. The Morgan fingerprint density at radius 2 is 2.17 bits per heavy atom. The van der Waals surface area contributed by atoms with E-state index in [9.17, 15) is 19.9 Å². The number of carbonyl (C=O) groups is 1. The third kappa shape index (κ3) is 1.23. The number of ether oxygens (including phenoxy) is 1. The van der Waals surface area contributed by atoms with E-state index in [1.54, 1.807) is 12.1 Å². The van der Waals surface area contributed by atoms with E-state index in [1.807, 2.05) is 0 Å². The van der Waals surface area contributed by atoms with Crippen molar-refractivity contribution in [1.82, 2.24) is 5.01 Å². The van der Waals surface area contributed by atoms with Crippen LogP contribution in [0.15, 0.2) is 17.4 Å². The van der Waals surface area contributed by atoms with Crippen molar-refractivity contribution in [3.8, 4) is 11.5 Å². The molecule has 2 heterocycles. The van der Waals surface area contributed by atoms with Gasteiger partial charge in [-0.2, -0.15) is 0 Å². The van der Waals surface area contributed by atoms with Gasteiger partial charge in [0.1, 0.15) is 5.60 Å². The highest BCUT2D eigenvalue weighted by Gasteiger charge is 2.73. The maximum absolute atomic E-state index is 12.5. The molecule has 1 saturated carbocycles. The molecule has 4 atom stereocenters. The molecule has 2 aliphatic heterocycles. The number of nitrogens with zero attached hydrogens (tertiary/aromatic N) is 2. The molecule has 1 saturated heterocycles.